The number of carbonyl (C=O) groups is 2. The van der Waals surface area contributed by atoms with Gasteiger partial charge in [0.05, 0.1) is 19.1 Å². The monoisotopic (exact) mass is 286 g/mol. The number of hydrogen-bond acceptors (Lipinski definition) is 5. The summed E-state index contributed by atoms with van der Waals surface area (Å²) in [6, 6.07) is 9.92. The largest absolute Gasteiger partial charge is 0.508 e. The Kier molecular flexibility index (Phi) is 4.23. The van der Waals surface area contributed by atoms with Gasteiger partial charge in [0.25, 0.3) is 0 Å². The first-order chi connectivity index (χ1) is 10.0. The van der Waals surface area contributed by atoms with Crippen molar-refractivity contribution in [3.8, 4) is 17.2 Å². The average Bonchev–Trinajstić information content (AvgIpc) is 2.47. The number of hydrogen-bond donors (Lipinski definition) is 2. The second-order valence-corrected chi connectivity index (χ2v) is 4.45. The van der Waals surface area contributed by atoms with Crippen LogP contribution in [0.2, 0.25) is 0 Å². The highest BCUT2D eigenvalue weighted by atomic mass is 16.5. The normalized spacial score (nSPS) is 10.1. The maximum absolute atomic E-state index is 12.0. The predicted octanol–water partition coefficient (Wildman–Crippen LogP) is 2.56. The van der Waals surface area contributed by atoms with Crippen molar-refractivity contribution in [2.24, 2.45) is 0 Å². The molecule has 2 rings (SSSR count). The van der Waals surface area contributed by atoms with E-state index >= 15 is 0 Å². The quantitative estimate of drug-likeness (QED) is 0.652. The number of ketones is 2. The minimum atomic E-state index is -0.478. The van der Waals surface area contributed by atoms with Crippen LogP contribution >= 0.6 is 0 Å². The lowest BCUT2D eigenvalue weighted by Gasteiger charge is -2.06. The number of ether oxygens (including phenoxy) is 1. The Morgan fingerprint density at radius 1 is 1.00 bits per heavy atom. The molecule has 0 fully saturated rings. The fourth-order valence-electron chi connectivity index (χ4n) is 1.86. The van der Waals surface area contributed by atoms with Crippen LogP contribution in [0.3, 0.4) is 0 Å². The number of phenolic OH excluding ortho intramolecular Hbond substituents is 2. The van der Waals surface area contributed by atoms with E-state index in [2.05, 4.69) is 0 Å². The first-order valence-corrected chi connectivity index (χ1v) is 6.23. The zero-order chi connectivity index (χ0) is 15.4. The lowest BCUT2D eigenvalue weighted by Crippen LogP contribution is -2.08. The molecule has 5 nitrogen and oxygen atoms in total. The molecule has 0 unspecified atom stereocenters. The Morgan fingerprint density at radius 2 is 1.67 bits per heavy atom. The fourth-order valence-corrected chi connectivity index (χ4v) is 1.86. The minimum absolute atomic E-state index is 0.0469. The summed E-state index contributed by atoms with van der Waals surface area (Å²) in [5.41, 5.74) is 0.400. The molecule has 108 valence electrons. The molecule has 2 N–H and O–H groups in total. The molecule has 0 aliphatic heterocycles. The van der Waals surface area contributed by atoms with Crippen LogP contribution in [0.15, 0.2) is 42.5 Å². The molecule has 0 bridgehead atoms. The van der Waals surface area contributed by atoms with Crippen molar-refractivity contribution in [2.75, 3.05) is 7.11 Å². The molecule has 0 saturated heterocycles. The summed E-state index contributed by atoms with van der Waals surface area (Å²) in [7, 11) is 1.45. The van der Waals surface area contributed by atoms with E-state index in [9.17, 15) is 14.7 Å². The summed E-state index contributed by atoms with van der Waals surface area (Å²) >= 11 is 0. The molecule has 0 aliphatic rings. The summed E-state index contributed by atoms with van der Waals surface area (Å²) in [4.78, 5) is 24.0. The zero-order valence-electron chi connectivity index (χ0n) is 11.4. The second kappa shape index (κ2) is 6.09. The van der Waals surface area contributed by atoms with Crippen LogP contribution in [-0.2, 0) is 0 Å². The Bertz CT molecular complexity index is 674. The van der Waals surface area contributed by atoms with Gasteiger partial charge in [-0.05, 0) is 36.4 Å². The summed E-state index contributed by atoms with van der Waals surface area (Å²) in [5.74, 6) is -0.610. The molecule has 2 aromatic carbocycles. The lowest BCUT2D eigenvalue weighted by atomic mass is 10.0. The van der Waals surface area contributed by atoms with E-state index < -0.39 is 5.78 Å². The number of Topliss-reactive ketones (excluding diaryl/α,β-unsaturated/α-hetero) is 2. The number of phenols is 2. The Balaban J connectivity index is 2.14. The van der Waals surface area contributed by atoms with Gasteiger partial charge in [0, 0.05) is 11.6 Å². The molecule has 0 amide bonds. The fraction of sp³-hybridized carbons (Fsp3) is 0.125. The van der Waals surface area contributed by atoms with Crippen molar-refractivity contribution >= 4 is 11.6 Å². The van der Waals surface area contributed by atoms with Gasteiger partial charge in [-0.15, -0.1) is 0 Å². The van der Waals surface area contributed by atoms with Gasteiger partial charge in [0.1, 0.15) is 17.2 Å². The molecule has 5 heteroatoms. The van der Waals surface area contributed by atoms with Gasteiger partial charge >= 0.3 is 0 Å². The number of methoxy groups -OCH3 is 1. The Labute approximate surface area is 121 Å². The number of benzene rings is 2. The molecule has 21 heavy (non-hydrogen) atoms. The number of rotatable bonds is 5. The van der Waals surface area contributed by atoms with Gasteiger partial charge in [0.2, 0.25) is 0 Å². The van der Waals surface area contributed by atoms with Crippen LogP contribution in [0.25, 0.3) is 0 Å². The van der Waals surface area contributed by atoms with E-state index in [0.717, 1.165) is 0 Å². The van der Waals surface area contributed by atoms with Crippen LogP contribution in [0.4, 0.5) is 0 Å². The lowest BCUT2D eigenvalue weighted by molar-refractivity contribution is 0.0893. The molecule has 2 aromatic rings. The van der Waals surface area contributed by atoms with E-state index in [1.807, 2.05) is 0 Å². The standard InChI is InChI=1S/C16H14O5/c1-21-12-6-7-13(15(19)8-12)16(20)9-14(18)10-2-4-11(17)5-3-10/h2-8,17,19H,9H2,1H3. The smallest absolute Gasteiger partial charge is 0.174 e. The SMILES string of the molecule is COc1ccc(C(=O)CC(=O)c2ccc(O)cc2)c(O)c1. The topological polar surface area (TPSA) is 83.8 Å². The molecule has 0 saturated carbocycles. The van der Waals surface area contributed by atoms with Crippen LogP contribution in [0.1, 0.15) is 27.1 Å². The third-order valence-corrected chi connectivity index (χ3v) is 3.02. The van der Waals surface area contributed by atoms with Crippen molar-refractivity contribution in [1.82, 2.24) is 0 Å². The second-order valence-electron chi connectivity index (χ2n) is 4.45. The summed E-state index contributed by atoms with van der Waals surface area (Å²) in [6.45, 7) is 0. The third kappa shape index (κ3) is 3.39. The minimum Gasteiger partial charge on any atom is -0.508 e. The van der Waals surface area contributed by atoms with Crippen LogP contribution in [-0.4, -0.2) is 28.9 Å². The van der Waals surface area contributed by atoms with E-state index in [1.54, 1.807) is 0 Å². The van der Waals surface area contributed by atoms with Gasteiger partial charge in [0.15, 0.2) is 11.6 Å². The Hall–Kier alpha value is -2.82. The highest BCUT2D eigenvalue weighted by Crippen LogP contribution is 2.25. The van der Waals surface area contributed by atoms with E-state index in [0.29, 0.717) is 11.3 Å². The molecule has 0 aliphatic carbocycles. The first kappa shape index (κ1) is 14.6. The number of aromatic hydroxyl groups is 2. The summed E-state index contributed by atoms with van der Waals surface area (Å²) < 4.78 is 4.93. The predicted molar refractivity (Wildman–Crippen MR) is 76.0 cm³/mol. The van der Waals surface area contributed by atoms with Gasteiger partial charge < -0.3 is 14.9 Å². The Morgan fingerprint density at radius 3 is 2.24 bits per heavy atom. The van der Waals surface area contributed by atoms with Crippen LogP contribution in [0.5, 0.6) is 17.2 Å². The summed E-state index contributed by atoms with van der Waals surface area (Å²) in [6.07, 6.45) is -0.356. The first-order valence-electron chi connectivity index (χ1n) is 6.23. The van der Waals surface area contributed by atoms with Crippen molar-refractivity contribution in [1.29, 1.82) is 0 Å². The molecule has 0 radical (unpaired) electrons. The van der Waals surface area contributed by atoms with E-state index in [-0.39, 0.29) is 29.3 Å². The molecule has 0 spiro atoms. The third-order valence-electron chi connectivity index (χ3n) is 3.02. The number of carbonyl (C=O) groups excluding carboxylic acids is 2. The average molecular weight is 286 g/mol. The van der Waals surface area contributed by atoms with Crippen molar-refractivity contribution in [2.45, 2.75) is 6.42 Å². The maximum Gasteiger partial charge on any atom is 0.174 e. The molecular weight excluding hydrogens is 272 g/mol. The highest BCUT2D eigenvalue weighted by Gasteiger charge is 2.17. The maximum atomic E-state index is 12.0. The summed E-state index contributed by atoms with van der Waals surface area (Å²) in [5, 5.41) is 18.9. The molecular formula is C16H14O5. The van der Waals surface area contributed by atoms with Gasteiger partial charge in [-0.1, -0.05) is 0 Å². The van der Waals surface area contributed by atoms with E-state index in [4.69, 9.17) is 9.84 Å². The van der Waals surface area contributed by atoms with E-state index in [1.165, 1.54) is 49.6 Å². The van der Waals surface area contributed by atoms with Crippen molar-refractivity contribution in [3.63, 3.8) is 0 Å². The molecule has 0 aromatic heterocycles. The van der Waals surface area contributed by atoms with Crippen molar-refractivity contribution < 1.29 is 24.5 Å². The van der Waals surface area contributed by atoms with Gasteiger partial charge in [-0.25, -0.2) is 0 Å². The zero-order valence-corrected chi connectivity index (χ0v) is 11.4. The van der Waals surface area contributed by atoms with Crippen LogP contribution in [0, 0.1) is 0 Å². The molecule has 0 heterocycles. The van der Waals surface area contributed by atoms with Crippen LogP contribution < -0.4 is 4.74 Å². The highest BCUT2D eigenvalue weighted by molar-refractivity contribution is 6.14. The van der Waals surface area contributed by atoms with Gasteiger partial charge in [-0.2, -0.15) is 0 Å². The van der Waals surface area contributed by atoms with Gasteiger partial charge in [-0.3, -0.25) is 9.59 Å². The van der Waals surface area contributed by atoms with Crippen molar-refractivity contribution in [3.05, 3.63) is 53.6 Å². The molecule has 0 atom stereocenters.